The van der Waals surface area contributed by atoms with E-state index in [1.54, 1.807) is 0 Å². The van der Waals surface area contributed by atoms with Crippen molar-refractivity contribution in [1.29, 1.82) is 0 Å². The molecule has 3 fully saturated rings. The normalized spacial score (nSPS) is 31.4. The maximum Gasteiger partial charge on any atom is 0.417 e. The quantitative estimate of drug-likeness (QED) is 0.278. The molecule has 1 aromatic carbocycles. The Morgan fingerprint density at radius 1 is 0.952 bits per heavy atom. The molecule has 2 aromatic rings. The third-order valence-corrected chi connectivity index (χ3v) is 11.3. The van der Waals surface area contributed by atoms with Crippen LogP contribution in [0, 0.1) is 29.1 Å². The van der Waals surface area contributed by atoms with Crippen LogP contribution in [0.5, 0.6) is 0 Å². The van der Waals surface area contributed by atoms with Crippen LogP contribution in [-0.2, 0) is 35.0 Å². The topological polar surface area (TPSA) is 39.2 Å². The highest BCUT2D eigenvalue weighted by Crippen LogP contribution is 2.58. The second kappa shape index (κ2) is 12.8. The van der Waals surface area contributed by atoms with Gasteiger partial charge in [-0.1, -0.05) is 49.6 Å². The Morgan fingerprint density at radius 2 is 1.76 bits per heavy atom. The van der Waals surface area contributed by atoms with Crippen LogP contribution in [0.1, 0.15) is 106 Å². The van der Waals surface area contributed by atoms with Crippen molar-refractivity contribution in [3.8, 4) is 0 Å². The van der Waals surface area contributed by atoms with Gasteiger partial charge >= 0.3 is 6.18 Å². The number of aryl methyl sites for hydroxylation is 2. The predicted molar refractivity (Wildman–Crippen MR) is 158 cm³/mol. The smallest absolute Gasteiger partial charge is 0.378 e. The van der Waals surface area contributed by atoms with Crippen molar-refractivity contribution in [3.63, 3.8) is 0 Å². The number of ether oxygens (including phenoxy) is 1. The zero-order valence-corrected chi connectivity index (χ0v) is 24.8. The molecule has 228 valence electrons. The molecule has 6 rings (SSSR count). The van der Waals surface area contributed by atoms with Crippen LogP contribution in [0.25, 0.3) is 0 Å². The number of carbonyl (C=O) groups is 1. The number of ketones is 1. The predicted octanol–water partition coefficient (Wildman–Crippen LogP) is 8.96. The van der Waals surface area contributed by atoms with Crippen molar-refractivity contribution in [2.75, 3.05) is 6.61 Å². The van der Waals surface area contributed by atoms with E-state index < -0.39 is 11.7 Å². The molecule has 0 N–H and O–H groups in total. The summed E-state index contributed by atoms with van der Waals surface area (Å²) in [6.45, 7) is 0.865. The van der Waals surface area contributed by atoms with Gasteiger partial charge in [-0.15, -0.1) is 0 Å². The molecule has 42 heavy (non-hydrogen) atoms. The summed E-state index contributed by atoms with van der Waals surface area (Å²) < 4.78 is 45.7. The van der Waals surface area contributed by atoms with Crippen molar-refractivity contribution < 1.29 is 22.7 Å². The van der Waals surface area contributed by atoms with Crippen molar-refractivity contribution in [2.24, 2.45) is 29.1 Å². The molecule has 1 unspecified atom stereocenters. The van der Waals surface area contributed by atoms with Gasteiger partial charge < -0.3 is 4.74 Å². The van der Waals surface area contributed by atoms with E-state index in [9.17, 15) is 18.0 Å². The molecule has 6 atom stereocenters. The average Bonchev–Trinajstić information content (AvgIpc) is 3.47. The van der Waals surface area contributed by atoms with Crippen molar-refractivity contribution in [1.82, 2.24) is 4.98 Å². The average molecular weight is 582 g/mol. The van der Waals surface area contributed by atoms with E-state index in [4.69, 9.17) is 4.74 Å². The minimum atomic E-state index is -4.36. The zero-order valence-electron chi connectivity index (χ0n) is 24.8. The first-order chi connectivity index (χ1) is 20.3. The van der Waals surface area contributed by atoms with E-state index in [-0.39, 0.29) is 5.41 Å². The number of Topliss-reactive ketones (excluding diaryl/α,β-unsaturated/α-hetero) is 1. The number of nitrogens with zero attached hydrogens (tertiary/aromatic N) is 1. The number of halogens is 3. The molecule has 3 nitrogen and oxygen atoms in total. The first kappa shape index (κ1) is 29.8. The van der Waals surface area contributed by atoms with Gasteiger partial charge in [0.05, 0.1) is 11.7 Å². The molecule has 4 aliphatic rings. The fourth-order valence-electron chi connectivity index (χ4n) is 9.02. The van der Waals surface area contributed by atoms with Crippen LogP contribution in [0.4, 0.5) is 13.2 Å². The fourth-order valence-corrected chi connectivity index (χ4v) is 9.02. The lowest BCUT2D eigenvalue weighted by atomic mass is 9.73. The van der Waals surface area contributed by atoms with Gasteiger partial charge in [-0.3, -0.25) is 9.78 Å². The molecule has 2 saturated carbocycles. The van der Waals surface area contributed by atoms with Crippen LogP contribution >= 0.6 is 0 Å². The first-order valence-electron chi connectivity index (χ1n) is 16.5. The first-order valence-corrected chi connectivity index (χ1v) is 16.5. The molecule has 0 radical (unpaired) electrons. The Balaban J connectivity index is 0.983. The largest absolute Gasteiger partial charge is 0.417 e. The van der Waals surface area contributed by atoms with Crippen LogP contribution in [0.15, 0.2) is 42.6 Å². The molecule has 1 saturated heterocycles. The van der Waals surface area contributed by atoms with Gasteiger partial charge in [-0.05, 0) is 118 Å². The SMILES string of the molecule is O=C(CCC1CCc2cc(C(F)(F)F)cnc2CC1)[C@@]12CCC[C@@H]1C[C@@H](CC[C@@H]1CCO[C@@H](Cc3ccccc3)C1)C2. The van der Waals surface area contributed by atoms with Crippen molar-refractivity contribution >= 4 is 5.78 Å². The Bertz CT molecular complexity index is 1210. The van der Waals surface area contributed by atoms with Gasteiger partial charge in [-0.25, -0.2) is 0 Å². The zero-order chi connectivity index (χ0) is 29.2. The molecular weight excluding hydrogens is 535 g/mol. The lowest BCUT2D eigenvalue weighted by molar-refractivity contribution is -0.138. The molecule has 6 heteroatoms. The summed E-state index contributed by atoms with van der Waals surface area (Å²) in [7, 11) is 0. The molecule has 0 amide bonds. The van der Waals surface area contributed by atoms with E-state index in [1.807, 2.05) is 0 Å². The molecular formula is C36H46F3NO2. The number of hydrogen-bond donors (Lipinski definition) is 0. The number of carbonyl (C=O) groups excluding carboxylic acids is 1. The number of benzene rings is 1. The number of pyridine rings is 1. The highest BCUT2D eigenvalue weighted by molar-refractivity contribution is 5.86. The maximum atomic E-state index is 13.9. The van der Waals surface area contributed by atoms with E-state index in [0.29, 0.717) is 48.9 Å². The summed E-state index contributed by atoms with van der Waals surface area (Å²) in [5, 5.41) is 0. The lowest BCUT2D eigenvalue weighted by Gasteiger charge is -2.31. The molecule has 0 bridgehead atoms. The third kappa shape index (κ3) is 6.79. The van der Waals surface area contributed by atoms with Gasteiger partial charge in [0.15, 0.2) is 0 Å². The number of alkyl halides is 3. The Labute approximate surface area is 249 Å². The van der Waals surface area contributed by atoms with E-state index in [1.165, 1.54) is 43.7 Å². The molecule has 3 aliphatic carbocycles. The summed E-state index contributed by atoms with van der Waals surface area (Å²) in [5.41, 5.74) is 2.14. The van der Waals surface area contributed by atoms with Gasteiger partial charge in [0, 0.05) is 30.3 Å². The van der Waals surface area contributed by atoms with E-state index in [2.05, 4.69) is 35.3 Å². The summed E-state index contributed by atoms with van der Waals surface area (Å²) in [5.74, 6) is 2.81. The van der Waals surface area contributed by atoms with Crippen molar-refractivity contribution in [2.45, 2.75) is 115 Å². The molecule has 1 aliphatic heterocycles. The lowest BCUT2D eigenvalue weighted by Crippen LogP contribution is -2.31. The number of hydrogen-bond acceptors (Lipinski definition) is 3. The minimum Gasteiger partial charge on any atom is -0.378 e. The molecule has 1 aromatic heterocycles. The summed E-state index contributed by atoms with van der Waals surface area (Å²) in [6.07, 6.45) is 13.0. The number of aromatic nitrogens is 1. The highest BCUT2D eigenvalue weighted by atomic mass is 19.4. The van der Waals surface area contributed by atoms with E-state index >= 15 is 0 Å². The highest BCUT2D eigenvalue weighted by Gasteiger charge is 2.53. The Morgan fingerprint density at radius 3 is 2.60 bits per heavy atom. The second-order valence-electron chi connectivity index (χ2n) is 13.9. The Hall–Kier alpha value is -2.21. The maximum absolute atomic E-state index is 13.9. The van der Waals surface area contributed by atoms with Crippen LogP contribution in [-0.4, -0.2) is 23.5 Å². The minimum absolute atomic E-state index is 0.104. The van der Waals surface area contributed by atoms with Crippen LogP contribution < -0.4 is 0 Å². The molecule has 0 spiro atoms. The molecule has 2 heterocycles. The van der Waals surface area contributed by atoms with Crippen molar-refractivity contribution in [3.05, 3.63) is 65.0 Å². The standard InChI is InChI=1S/C36H46F3NO2/c37-36(38,39)31-22-29-13-10-25(11-14-33(29)40-24-31)12-15-34(41)35-17-4-7-30(35)19-28(23-35)9-8-27-16-18-42-32(21-27)20-26-5-2-1-3-6-26/h1-3,5-6,22,24-25,27-28,30,32H,4,7-21,23H2/t25?,27-,28-,30-,32+,35-/m1/s1. The van der Waals surface area contributed by atoms with Gasteiger partial charge in [-0.2, -0.15) is 13.2 Å². The summed E-state index contributed by atoms with van der Waals surface area (Å²) >= 11 is 0. The summed E-state index contributed by atoms with van der Waals surface area (Å²) in [6, 6.07) is 12.0. The fraction of sp³-hybridized carbons (Fsp3) is 0.667. The second-order valence-corrected chi connectivity index (χ2v) is 13.9. The monoisotopic (exact) mass is 581 g/mol. The number of rotatable bonds is 9. The van der Waals surface area contributed by atoms with Gasteiger partial charge in [0.25, 0.3) is 0 Å². The van der Waals surface area contributed by atoms with Gasteiger partial charge in [0.2, 0.25) is 0 Å². The summed E-state index contributed by atoms with van der Waals surface area (Å²) in [4.78, 5) is 18.0. The van der Waals surface area contributed by atoms with E-state index in [0.717, 1.165) is 81.3 Å². The van der Waals surface area contributed by atoms with Gasteiger partial charge in [0.1, 0.15) is 5.78 Å². The van der Waals surface area contributed by atoms with Crippen LogP contribution in [0.3, 0.4) is 0 Å². The third-order valence-electron chi connectivity index (χ3n) is 11.3. The number of fused-ring (bicyclic) bond motifs is 2. The Kier molecular flexibility index (Phi) is 9.09. The van der Waals surface area contributed by atoms with Crippen LogP contribution in [0.2, 0.25) is 0 Å².